The van der Waals surface area contributed by atoms with E-state index < -0.39 is 0 Å². The van der Waals surface area contributed by atoms with Crippen molar-refractivity contribution in [3.05, 3.63) is 59.2 Å². The Labute approximate surface area is 154 Å². The first kappa shape index (κ1) is 20.5. The van der Waals surface area contributed by atoms with Crippen molar-refractivity contribution in [2.45, 2.75) is 27.3 Å². The quantitative estimate of drug-likeness (QED) is 0.712. The maximum absolute atomic E-state index is 12.3. The second-order valence-electron chi connectivity index (χ2n) is 6.10. The minimum Gasteiger partial charge on any atom is -0.399 e. The summed E-state index contributed by atoms with van der Waals surface area (Å²) in [6.45, 7) is 5.97. The number of nitrogens with one attached hydrogen (secondary N) is 2. The van der Waals surface area contributed by atoms with Gasteiger partial charge in [-0.15, -0.1) is 12.4 Å². The molecule has 4 N–H and O–H groups in total. The second kappa shape index (κ2) is 9.08. The molecule has 0 unspecified atom stereocenters. The van der Waals surface area contributed by atoms with Crippen molar-refractivity contribution in [2.24, 2.45) is 5.92 Å². The first-order valence-electron chi connectivity index (χ1n) is 7.91. The van der Waals surface area contributed by atoms with Crippen LogP contribution in [-0.4, -0.2) is 11.8 Å². The number of halogens is 1. The van der Waals surface area contributed by atoms with Gasteiger partial charge in [0.05, 0.1) is 0 Å². The first-order chi connectivity index (χ1) is 11.4. The second-order valence-corrected chi connectivity index (χ2v) is 6.10. The number of nitrogens with two attached hydrogens (primary N) is 1. The summed E-state index contributed by atoms with van der Waals surface area (Å²) < 4.78 is 0. The molecule has 2 rings (SSSR count). The van der Waals surface area contributed by atoms with Crippen LogP contribution in [0, 0.1) is 12.8 Å². The van der Waals surface area contributed by atoms with E-state index in [0.29, 0.717) is 17.8 Å². The van der Waals surface area contributed by atoms with E-state index in [4.69, 9.17) is 5.73 Å². The summed E-state index contributed by atoms with van der Waals surface area (Å²) >= 11 is 0. The van der Waals surface area contributed by atoms with Crippen LogP contribution in [-0.2, 0) is 11.3 Å². The largest absolute Gasteiger partial charge is 0.399 e. The van der Waals surface area contributed by atoms with E-state index in [1.165, 1.54) is 0 Å². The smallest absolute Gasteiger partial charge is 0.251 e. The summed E-state index contributed by atoms with van der Waals surface area (Å²) in [6, 6.07) is 12.7. The molecule has 0 bridgehead atoms. The molecule has 0 aliphatic heterocycles. The highest BCUT2D eigenvalue weighted by Crippen LogP contribution is 2.14. The average molecular weight is 362 g/mol. The van der Waals surface area contributed by atoms with Gasteiger partial charge in [0.1, 0.15) is 0 Å². The fourth-order valence-corrected chi connectivity index (χ4v) is 2.15. The number of nitrogen functional groups attached to an aromatic ring is 1. The van der Waals surface area contributed by atoms with Gasteiger partial charge in [-0.3, -0.25) is 9.59 Å². The fourth-order valence-electron chi connectivity index (χ4n) is 2.15. The third kappa shape index (κ3) is 5.80. The van der Waals surface area contributed by atoms with Crippen molar-refractivity contribution in [2.75, 3.05) is 11.1 Å². The van der Waals surface area contributed by atoms with E-state index in [2.05, 4.69) is 10.6 Å². The monoisotopic (exact) mass is 361 g/mol. The molecule has 2 aromatic rings. The Morgan fingerprint density at radius 1 is 1.08 bits per heavy atom. The van der Waals surface area contributed by atoms with Crippen molar-refractivity contribution < 1.29 is 9.59 Å². The fraction of sp³-hybridized carbons (Fsp3) is 0.263. The highest BCUT2D eigenvalue weighted by Gasteiger charge is 2.10. The SMILES string of the molecule is Cc1ccc(N)cc1C(=O)NCc1ccc(NC(=O)C(C)C)cc1.Cl. The van der Waals surface area contributed by atoms with Crippen LogP contribution in [0.1, 0.15) is 35.3 Å². The molecule has 0 aliphatic rings. The molecule has 0 radical (unpaired) electrons. The molecule has 0 heterocycles. The van der Waals surface area contributed by atoms with Gasteiger partial charge < -0.3 is 16.4 Å². The molecule has 6 heteroatoms. The predicted octanol–water partition coefficient (Wildman–Crippen LogP) is 3.52. The van der Waals surface area contributed by atoms with Crippen LogP contribution in [0.5, 0.6) is 0 Å². The van der Waals surface area contributed by atoms with Crippen molar-refractivity contribution in [3.63, 3.8) is 0 Å². The van der Waals surface area contributed by atoms with Crippen LogP contribution in [0.3, 0.4) is 0 Å². The van der Waals surface area contributed by atoms with Crippen molar-refractivity contribution in [1.29, 1.82) is 0 Å². The van der Waals surface area contributed by atoms with E-state index in [9.17, 15) is 9.59 Å². The molecule has 0 atom stereocenters. The summed E-state index contributed by atoms with van der Waals surface area (Å²) in [5.41, 5.74) is 9.46. The lowest BCUT2D eigenvalue weighted by atomic mass is 10.1. The minimum atomic E-state index is -0.156. The number of carbonyl (C=O) groups excluding carboxylic acids is 2. The van der Waals surface area contributed by atoms with Crippen LogP contribution in [0.15, 0.2) is 42.5 Å². The molecule has 0 saturated heterocycles. The Hall–Kier alpha value is -2.53. The van der Waals surface area contributed by atoms with Crippen LogP contribution in [0.25, 0.3) is 0 Å². The van der Waals surface area contributed by atoms with Gasteiger partial charge in [-0.25, -0.2) is 0 Å². The van der Waals surface area contributed by atoms with Crippen LogP contribution in [0.4, 0.5) is 11.4 Å². The molecule has 0 saturated carbocycles. The maximum atomic E-state index is 12.3. The number of hydrogen-bond donors (Lipinski definition) is 3. The van der Waals surface area contributed by atoms with Gasteiger partial charge in [-0.2, -0.15) is 0 Å². The van der Waals surface area contributed by atoms with E-state index in [1.54, 1.807) is 12.1 Å². The lowest BCUT2D eigenvalue weighted by molar-refractivity contribution is -0.118. The Morgan fingerprint density at radius 2 is 1.72 bits per heavy atom. The molecule has 5 nitrogen and oxygen atoms in total. The topological polar surface area (TPSA) is 84.2 Å². The lowest BCUT2D eigenvalue weighted by Crippen LogP contribution is -2.23. The Balaban J connectivity index is 0.00000312. The number of aryl methyl sites for hydroxylation is 1. The number of benzene rings is 2. The molecule has 0 fully saturated rings. The van der Waals surface area contributed by atoms with Gasteiger partial charge in [0, 0.05) is 29.4 Å². The zero-order valence-electron chi connectivity index (χ0n) is 14.6. The zero-order valence-corrected chi connectivity index (χ0v) is 15.4. The van der Waals surface area contributed by atoms with E-state index in [-0.39, 0.29) is 30.1 Å². The third-order valence-electron chi connectivity index (χ3n) is 3.71. The highest BCUT2D eigenvalue weighted by molar-refractivity contribution is 5.96. The molecule has 2 aromatic carbocycles. The van der Waals surface area contributed by atoms with Gasteiger partial charge in [0.15, 0.2) is 0 Å². The van der Waals surface area contributed by atoms with Gasteiger partial charge in [0.25, 0.3) is 5.91 Å². The third-order valence-corrected chi connectivity index (χ3v) is 3.71. The van der Waals surface area contributed by atoms with Crippen LogP contribution >= 0.6 is 12.4 Å². The van der Waals surface area contributed by atoms with Crippen LogP contribution < -0.4 is 16.4 Å². The summed E-state index contributed by atoms with van der Waals surface area (Å²) in [5.74, 6) is -0.240. The number of rotatable bonds is 5. The minimum absolute atomic E-state index is 0. The molecule has 0 aliphatic carbocycles. The number of carbonyl (C=O) groups is 2. The lowest BCUT2D eigenvalue weighted by Gasteiger charge is -2.10. The average Bonchev–Trinajstić information content (AvgIpc) is 2.56. The molecule has 25 heavy (non-hydrogen) atoms. The first-order valence-corrected chi connectivity index (χ1v) is 7.91. The van der Waals surface area contributed by atoms with Gasteiger partial charge in [-0.1, -0.05) is 32.0 Å². The molecule has 134 valence electrons. The van der Waals surface area contributed by atoms with Gasteiger partial charge in [-0.05, 0) is 42.3 Å². The van der Waals surface area contributed by atoms with E-state index >= 15 is 0 Å². The normalized spacial score (nSPS) is 10.1. The van der Waals surface area contributed by atoms with Gasteiger partial charge >= 0.3 is 0 Å². The Kier molecular flexibility index (Phi) is 7.45. The van der Waals surface area contributed by atoms with Crippen LogP contribution in [0.2, 0.25) is 0 Å². The van der Waals surface area contributed by atoms with Crippen molar-refractivity contribution in [3.8, 4) is 0 Å². The Morgan fingerprint density at radius 3 is 2.32 bits per heavy atom. The molecule has 2 amide bonds. The summed E-state index contributed by atoms with van der Waals surface area (Å²) in [6.07, 6.45) is 0. The van der Waals surface area contributed by atoms with Gasteiger partial charge in [0.2, 0.25) is 5.91 Å². The number of amides is 2. The van der Waals surface area contributed by atoms with Crippen molar-refractivity contribution in [1.82, 2.24) is 5.32 Å². The summed E-state index contributed by atoms with van der Waals surface area (Å²) in [4.78, 5) is 23.9. The molecule has 0 aromatic heterocycles. The molecular weight excluding hydrogens is 338 g/mol. The zero-order chi connectivity index (χ0) is 17.7. The van der Waals surface area contributed by atoms with E-state index in [1.807, 2.05) is 51.1 Å². The van der Waals surface area contributed by atoms with E-state index in [0.717, 1.165) is 16.8 Å². The number of hydrogen-bond acceptors (Lipinski definition) is 3. The Bertz CT molecular complexity index is 743. The molecule has 0 spiro atoms. The highest BCUT2D eigenvalue weighted by atomic mass is 35.5. The number of anilines is 2. The molecular formula is C19H24ClN3O2. The summed E-state index contributed by atoms with van der Waals surface area (Å²) in [5, 5.41) is 5.71. The van der Waals surface area contributed by atoms with Crippen molar-refractivity contribution >= 4 is 35.6 Å². The predicted molar refractivity (Wildman–Crippen MR) is 104 cm³/mol. The standard InChI is InChI=1S/C19H23N3O2.ClH/c1-12(2)18(23)22-16-8-5-14(6-9-16)11-21-19(24)17-10-15(20)7-4-13(17)3;/h4-10,12H,11,20H2,1-3H3,(H,21,24)(H,22,23);1H. The summed E-state index contributed by atoms with van der Waals surface area (Å²) in [7, 11) is 0. The maximum Gasteiger partial charge on any atom is 0.251 e.